The van der Waals surface area contributed by atoms with E-state index < -0.39 is 0 Å². The van der Waals surface area contributed by atoms with Crippen LogP contribution in [0.2, 0.25) is 0 Å². The van der Waals surface area contributed by atoms with Crippen LogP contribution in [0.4, 0.5) is 0 Å². The van der Waals surface area contributed by atoms with E-state index in [1.807, 2.05) is 12.1 Å². The predicted octanol–water partition coefficient (Wildman–Crippen LogP) is 2.35. The summed E-state index contributed by atoms with van der Waals surface area (Å²) in [5.41, 5.74) is 0. The van der Waals surface area contributed by atoms with Gasteiger partial charge in [0.25, 0.3) is 0 Å². The van der Waals surface area contributed by atoms with Crippen molar-refractivity contribution >= 4 is 22.6 Å². The summed E-state index contributed by atoms with van der Waals surface area (Å²) >= 11 is 2.31. The maximum absolute atomic E-state index is 5.77. The zero-order chi connectivity index (χ0) is 12.8. The number of nitrogens with one attached hydrogen (secondary N) is 1. The highest BCUT2D eigenvalue weighted by atomic mass is 127. The van der Waals surface area contributed by atoms with Crippen molar-refractivity contribution in [3.05, 3.63) is 27.8 Å². The van der Waals surface area contributed by atoms with E-state index in [-0.39, 0.29) is 0 Å². The number of rotatable bonds is 5. The molecule has 1 aliphatic heterocycles. The molecule has 1 atom stereocenters. The minimum atomic E-state index is 0.649. The number of hydrogen-bond acceptors (Lipinski definition) is 3. The van der Waals surface area contributed by atoms with Crippen molar-refractivity contribution in [1.29, 1.82) is 0 Å². The second-order valence-corrected chi connectivity index (χ2v) is 5.99. The van der Waals surface area contributed by atoms with Gasteiger partial charge in [0.05, 0.1) is 6.61 Å². The van der Waals surface area contributed by atoms with E-state index in [4.69, 9.17) is 4.74 Å². The topological polar surface area (TPSA) is 24.5 Å². The molecule has 2 rings (SSSR count). The molecule has 0 radical (unpaired) electrons. The molecule has 0 spiro atoms. The van der Waals surface area contributed by atoms with Crippen molar-refractivity contribution in [2.75, 3.05) is 32.8 Å². The highest BCUT2D eigenvalue weighted by Gasteiger charge is 2.16. The Morgan fingerprint density at radius 2 is 2.39 bits per heavy atom. The molecule has 1 fully saturated rings. The average molecular weight is 360 g/mol. The fourth-order valence-corrected chi connectivity index (χ4v) is 2.74. The Morgan fingerprint density at radius 1 is 1.50 bits per heavy atom. The van der Waals surface area contributed by atoms with Crippen molar-refractivity contribution in [3.63, 3.8) is 0 Å². The molecule has 0 saturated carbocycles. The van der Waals surface area contributed by atoms with Crippen LogP contribution in [-0.2, 0) is 0 Å². The van der Waals surface area contributed by atoms with Crippen LogP contribution in [0.1, 0.15) is 13.3 Å². The monoisotopic (exact) mass is 360 g/mol. The van der Waals surface area contributed by atoms with Crippen LogP contribution >= 0.6 is 22.6 Å². The summed E-state index contributed by atoms with van der Waals surface area (Å²) in [5, 5.41) is 3.41. The van der Waals surface area contributed by atoms with E-state index in [1.165, 1.54) is 3.57 Å². The molecule has 3 nitrogen and oxygen atoms in total. The van der Waals surface area contributed by atoms with Crippen LogP contribution in [-0.4, -0.2) is 43.7 Å². The molecular weight excluding hydrogens is 339 g/mol. The first-order chi connectivity index (χ1) is 8.75. The largest absolute Gasteiger partial charge is 0.494 e. The third-order valence-corrected chi connectivity index (χ3v) is 3.96. The highest BCUT2D eigenvalue weighted by molar-refractivity contribution is 14.1. The summed E-state index contributed by atoms with van der Waals surface area (Å²) < 4.78 is 6.99. The maximum Gasteiger partial charge on any atom is 0.120 e. The molecule has 0 amide bonds. The summed E-state index contributed by atoms with van der Waals surface area (Å²) in [4.78, 5) is 2.54. The Labute approximate surface area is 123 Å². The predicted molar refractivity (Wildman–Crippen MR) is 83.2 cm³/mol. The van der Waals surface area contributed by atoms with Gasteiger partial charge in [0.2, 0.25) is 0 Å². The Balaban J connectivity index is 1.66. The maximum atomic E-state index is 5.77. The number of hydrogen-bond donors (Lipinski definition) is 1. The molecule has 1 aromatic carbocycles. The summed E-state index contributed by atoms with van der Waals surface area (Å²) in [6, 6.07) is 8.87. The second-order valence-electron chi connectivity index (χ2n) is 4.75. The summed E-state index contributed by atoms with van der Waals surface area (Å²) in [7, 11) is 0. The minimum absolute atomic E-state index is 0.649. The average Bonchev–Trinajstić information content (AvgIpc) is 2.37. The number of nitrogens with zero attached hydrogens (tertiary/aromatic N) is 1. The van der Waals surface area contributed by atoms with Gasteiger partial charge < -0.3 is 10.1 Å². The molecule has 1 aromatic rings. The van der Waals surface area contributed by atoms with E-state index in [1.54, 1.807) is 0 Å². The number of halogens is 1. The van der Waals surface area contributed by atoms with Crippen molar-refractivity contribution in [2.24, 2.45) is 0 Å². The lowest BCUT2D eigenvalue weighted by Gasteiger charge is -2.33. The molecule has 1 unspecified atom stereocenters. The van der Waals surface area contributed by atoms with Crippen LogP contribution in [0.5, 0.6) is 5.75 Å². The molecule has 0 bridgehead atoms. The van der Waals surface area contributed by atoms with Crippen molar-refractivity contribution in [2.45, 2.75) is 19.4 Å². The van der Waals surface area contributed by atoms with Gasteiger partial charge in [-0.1, -0.05) is 6.07 Å². The summed E-state index contributed by atoms with van der Waals surface area (Å²) in [5.74, 6) is 0.982. The Bertz CT molecular complexity index is 373. The van der Waals surface area contributed by atoms with Crippen LogP contribution in [0, 0.1) is 3.57 Å². The third-order valence-electron chi connectivity index (χ3n) is 3.29. The van der Waals surface area contributed by atoms with Crippen molar-refractivity contribution in [1.82, 2.24) is 10.2 Å². The van der Waals surface area contributed by atoms with E-state index in [0.29, 0.717) is 6.04 Å². The van der Waals surface area contributed by atoms with Crippen LogP contribution in [0.15, 0.2) is 24.3 Å². The van der Waals surface area contributed by atoms with Gasteiger partial charge >= 0.3 is 0 Å². The molecule has 4 heteroatoms. The molecule has 1 saturated heterocycles. The van der Waals surface area contributed by atoms with Gasteiger partial charge in [-0.15, -0.1) is 0 Å². The lowest BCUT2D eigenvalue weighted by molar-refractivity contribution is 0.160. The molecule has 1 N–H and O–H groups in total. The second kappa shape index (κ2) is 7.31. The molecule has 100 valence electrons. The first kappa shape index (κ1) is 14.1. The van der Waals surface area contributed by atoms with Gasteiger partial charge in [-0.2, -0.15) is 0 Å². The van der Waals surface area contributed by atoms with E-state index in [2.05, 4.69) is 51.9 Å². The Kier molecular flexibility index (Phi) is 5.72. The van der Waals surface area contributed by atoms with Gasteiger partial charge in [0.15, 0.2) is 0 Å². The van der Waals surface area contributed by atoms with Crippen LogP contribution in [0.25, 0.3) is 0 Å². The van der Waals surface area contributed by atoms with E-state index in [0.717, 1.165) is 45.0 Å². The van der Waals surface area contributed by atoms with Crippen LogP contribution < -0.4 is 10.1 Å². The summed E-state index contributed by atoms with van der Waals surface area (Å²) in [6.45, 7) is 7.60. The first-order valence-electron chi connectivity index (χ1n) is 6.59. The van der Waals surface area contributed by atoms with Gasteiger partial charge in [-0.3, -0.25) is 4.90 Å². The smallest absolute Gasteiger partial charge is 0.120 e. The number of ether oxygens (including phenoxy) is 1. The van der Waals surface area contributed by atoms with E-state index >= 15 is 0 Å². The van der Waals surface area contributed by atoms with Gasteiger partial charge in [-0.05, 0) is 54.1 Å². The summed E-state index contributed by atoms with van der Waals surface area (Å²) in [6.07, 6.45) is 1.09. The molecular formula is C14H21IN2O. The molecule has 0 aliphatic carbocycles. The Hall–Kier alpha value is -0.330. The lowest BCUT2D eigenvalue weighted by Crippen LogP contribution is -2.50. The van der Waals surface area contributed by atoms with Gasteiger partial charge in [0, 0.05) is 35.8 Å². The normalized spacial score (nSPS) is 20.9. The molecule has 1 aliphatic rings. The number of benzene rings is 1. The molecule has 0 aromatic heterocycles. The minimum Gasteiger partial charge on any atom is -0.494 e. The SMILES string of the molecule is CC1CNCCN1CCCOc1cccc(I)c1. The molecule has 1 heterocycles. The third kappa shape index (κ3) is 4.40. The molecule has 18 heavy (non-hydrogen) atoms. The van der Waals surface area contributed by atoms with E-state index in [9.17, 15) is 0 Å². The zero-order valence-electron chi connectivity index (χ0n) is 10.9. The van der Waals surface area contributed by atoms with Crippen LogP contribution in [0.3, 0.4) is 0 Å². The standard InChI is InChI=1S/C14H21IN2O/c1-12-11-16-6-8-17(12)7-3-9-18-14-5-2-4-13(15)10-14/h2,4-5,10,12,16H,3,6-9,11H2,1H3. The van der Waals surface area contributed by atoms with Gasteiger partial charge in [-0.25, -0.2) is 0 Å². The number of piperazine rings is 1. The van der Waals surface area contributed by atoms with Gasteiger partial charge in [0.1, 0.15) is 5.75 Å². The quantitative estimate of drug-likeness (QED) is 0.645. The fourth-order valence-electron chi connectivity index (χ4n) is 2.23. The lowest BCUT2D eigenvalue weighted by atomic mass is 10.2. The zero-order valence-corrected chi connectivity index (χ0v) is 13.0. The Morgan fingerprint density at radius 3 is 3.17 bits per heavy atom. The van der Waals surface area contributed by atoms with Crippen molar-refractivity contribution in [3.8, 4) is 5.75 Å². The highest BCUT2D eigenvalue weighted by Crippen LogP contribution is 2.15. The van der Waals surface area contributed by atoms with Crippen molar-refractivity contribution < 1.29 is 4.74 Å². The first-order valence-corrected chi connectivity index (χ1v) is 7.67. The fraction of sp³-hybridized carbons (Fsp3) is 0.571.